The van der Waals surface area contributed by atoms with Crippen molar-refractivity contribution in [1.29, 1.82) is 0 Å². The molecule has 11 heavy (non-hydrogen) atoms. The summed E-state index contributed by atoms with van der Waals surface area (Å²) in [5.74, 6) is 0. The maximum absolute atomic E-state index is 8.78. The molecule has 0 amide bonds. The van der Waals surface area contributed by atoms with Crippen LogP contribution in [0.2, 0.25) is 0 Å². The lowest BCUT2D eigenvalue weighted by molar-refractivity contribution is 0.0489. The highest BCUT2D eigenvalue weighted by Gasteiger charge is 2.07. The molecule has 0 aromatic carbocycles. The van der Waals surface area contributed by atoms with Crippen molar-refractivity contribution < 1.29 is 9.84 Å². The van der Waals surface area contributed by atoms with E-state index in [1.54, 1.807) is 24.0 Å². The lowest BCUT2D eigenvalue weighted by Crippen LogP contribution is -2.18. The van der Waals surface area contributed by atoms with Gasteiger partial charge in [0.15, 0.2) is 0 Å². The predicted molar refractivity (Wildman–Crippen MR) is 43.7 cm³/mol. The van der Waals surface area contributed by atoms with Crippen LogP contribution in [0.15, 0.2) is 10.9 Å². The number of rotatable bonds is 4. The van der Waals surface area contributed by atoms with E-state index in [-0.39, 0.29) is 12.7 Å². The van der Waals surface area contributed by atoms with E-state index >= 15 is 0 Å². The summed E-state index contributed by atoms with van der Waals surface area (Å²) < 4.78 is 4.99. The second-order valence-corrected chi connectivity index (χ2v) is 2.94. The summed E-state index contributed by atoms with van der Waals surface area (Å²) in [6, 6.07) is 0. The average molecular weight is 173 g/mol. The van der Waals surface area contributed by atoms with E-state index in [0.717, 1.165) is 5.69 Å². The number of ether oxygens (including phenoxy) is 1. The van der Waals surface area contributed by atoms with Crippen LogP contribution in [0.25, 0.3) is 0 Å². The molecule has 1 heterocycles. The van der Waals surface area contributed by atoms with Crippen LogP contribution in [0.4, 0.5) is 0 Å². The lowest BCUT2D eigenvalue weighted by Gasteiger charge is -2.09. The number of nitrogens with zero attached hydrogens (tertiary/aromatic N) is 1. The summed E-state index contributed by atoms with van der Waals surface area (Å²) in [7, 11) is 1.59. The zero-order valence-electron chi connectivity index (χ0n) is 6.36. The molecular weight excluding hydrogens is 162 g/mol. The monoisotopic (exact) mass is 173 g/mol. The third-order valence-electron chi connectivity index (χ3n) is 1.46. The second kappa shape index (κ2) is 4.43. The topological polar surface area (TPSA) is 42.4 Å². The van der Waals surface area contributed by atoms with E-state index in [1.165, 1.54) is 0 Å². The van der Waals surface area contributed by atoms with Gasteiger partial charge in [0, 0.05) is 18.9 Å². The van der Waals surface area contributed by atoms with E-state index in [9.17, 15) is 0 Å². The van der Waals surface area contributed by atoms with E-state index in [4.69, 9.17) is 9.84 Å². The minimum absolute atomic E-state index is 0.0496. The minimum atomic E-state index is -0.114. The molecule has 0 aliphatic heterocycles. The molecule has 0 aliphatic rings. The average Bonchev–Trinajstić information content (AvgIpc) is 2.52. The van der Waals surface area contributed by atoms with Gasteiger partial charge in [-0.15, -0.1) is 11.3 Å². The minimum Gasteiger partial charge on any atom is -0.394 e. The Morgan fingerprint density at radius 3 is 3.09 bits per heavy atom. The summed E-state index contributed by atoms with van der Waals surface area (Å²) >= 11 is 1.55. The molecule has 3 nitrogen and oxygen atoms in total. The van der Waals surface area contributed by atoms with Gasteiger partial charge in [-0.3, -0.25) is 0 Å². The molecule has 1 aromatic rings. The zero-order chi connectivity index (χ0) is 8.10. The molecule has 1 unspecified atom stereocenters. The number of thiazole rings is 1. The standard InChI is InChI=1S/C7H11NO2S/c1-10-7(3-9)2-6-4-11-5-8-6/h4-5,7,9H,2-3H2,1H3. The van der Waals surface area contributed by atoms with Crippen molar-refractivity contribution in [1.82, 2.24) is 4.98 Å². The van der Waals surface area contributed by atoms with E-state index < -0.39 is 0 Å². The van der Waals surface area contributed by atoms with Gasteiger partial charge in [-0.2, -0.15) is 0 Å². The molecule has 0 spiro atoms. The van der Waals surface area contributed by atoms with Crippen LogP contribution in [0.1, 0.15) is 5.69 Å². The lowest BCUT2D eigenvalue weighted by atomic mass is 10.2. The molecule has 1 aromatic heterocycles. The normalized spacial score (nSPS) is 13.3. The number of methoxy groups -OCH3 is 1. The Morgan fingerprint density at radius 2 is 2.64 bits per heavy atom. The Balaban J connectivity index is 2.41. The van der Waals surface area contributed by atoms with E-state index in [1.807, 2.05) is 5.38 Å². The third kappa shape index (κ3) is 2.57. The third-order valence-corrected chi connectivity index (χ3v) is 2.09. The molecule has 1 atom stereocenters. The van der Waals surface area contributed by atoms with Gasteiger partial charge in [0.1, 0.15) is 0 Å². The van der Waals surface area contributed by atoms with Crippen LogP contribution >= 0.6 is 11.3 Å². The number of aliphatic hydroxyl groups is 1. The van der Waals surface area contributed by atoms with Crippen LogP contribution in [0.3, 0.4) is 0 Å². The molecular formula is C7H11NO2S. The Hall–Kier alpha value is -0.450. The number of aromatic nitrogens is 1. The molecule has 0 saturated heterocycles. The van der Waals surface area contributed by atoms with E-state index in [2.05, 4.69) is 4.98 Å². The first kappa shape index (κ1) is 8.64. The van der Waals surface area contributed by atoms with Crippen molar-refractivity contribution >= 4 is 11.3 Å². The molecule has 62 valence electrons. The maximum Gasteiger partial charge on any atom is 0.0857 e. The molecule has 1 rings (SSSR count). The molecule has 0 saturated carbocycles. The van der Waals surface area contributed by atoms with Gasteiger partial charge in [-0.25, -0.2) is 4.98 Å². The summed E-state index contributed by atoms with van der Waals surface area (Å²) in [5.41, 5.74) is 2.76. The predicted octanol–water partition coefficient (Wildman–Crippen LogP) is 0.693. The Kier molecular flexibility index (Phi) is 3.48. The first-order valence-electron chi connectivity index (χ1n) is 3.37. The Labute approximate surface area is 69.7 Å². The zero-order valence-corrected chi connectivity index (χ0v) is 7.17. The van der Waals surface area contributed by atoms with Gasteiger partial charge < -0.3 is 9.84 Å². The van der Waals surface area contributed by atoms with Gasteiger partial charge >= 0.3 is 0 Å². The van der Waals surface area contributed by atoms with Crippen molar-refractivity contribution in [3.8, 4) is 0 Å². The molecule has 0 fully saturated rings. The van der Waals surface area contributed by atoms with Crippen LogP contribution in [0.5, 0.6) is 0 Å². The fraction of sp³-hybridized carbons (Fsp3) is 0.571. The SMILES string of the molecule is COC(CO)Cc1cscn1. The summed E-state index contributed by atoms with van der Waals surface area (Å²) in [4.78, 5) is 4.08. The Morgan fingerprint density at radius 1 is 1.82 bits per heavy atom. The van der Waals surface area contributed by atoms with Crippen LogP contribution in [-0.4, -0.2) is 29.9 Å². The largest absolute Gasteiger partial charge is 0.394 e. The van der Waals surface area contributed by atoms with Crippen LogP contribution in [-0.2, 0) is 11.2 Å². The van der Waals surface area contributed by atoms with Gasteiger partial charge in [-0.1, -0.05) is 0 Å². The Bertz CT molecular complexity index is 184. The smallest absolute Gasteiger partial charge is 0.0857 e. The van der Waals surface area contributed by atoms with Gasteiger partial charge in [0.2, 0.25) is 0 Å². The van der Waals surface area contributed by atoms with E-state index in [0.29, 0.717) is 6.42 Å². The fourth-order valence-electron chi connectivity index (χ4n) is 0.794. The van der Waals surface area contributed by atoms with Crippen molar-refractivity contribution in [2.24, 2.45) is 0 Å². The first-order valence-corrected chi connectivity index (χ1v) is 4.31. The first-order chi connectivity index (χ1) is 5.36. The number of hydrogen-bond acceptors (Lipinski definition) is 4. The van der Waals surface area contributed by atoms with Crippen LogP contribution in [0, 0.1) is 0 Å². The van der Waals surface area contributed by atoms with Crippen molar-refractivity contribution in [2.75, 3.05) is 13.7 Å². The summed E-state index contributed by atoms with van der Waals surface area (Å²) in [6.45, 7) is 0.0496. The number of hydrogen-bond donors (Lipinski definition) is 1. The fourth-order valence-corrected chi connectivity index (χ4v) is 1.37. The molecule has 0 aliphatic carbocycles. The second-order valence-electron chi connectivity index (χ2n) is 2.22. The molecule has 0 bridgehead atoms. The summed E-state index contributed by atoms with van der Waals surface area (Å²) in [6.07, 6.45) is 0.577. The van der Waals surface area contributed by atoms with Crippen molar-refractivity contribution in [2.45, 2.75) is 12.5 Å². The van der Waals surface area contributed by atoms with Gasteiger partial charge in [-0.05, 0) is 0 Å². The molecule has 0 radical (unpaired) electrons. The number of aliphatic hydroxyl groups excluding tert-OH is 1. The molecule has 1 N–H and O–H groups in total. The van der Waals surface area contributed by atoms with Crippen molar-refractivity contribution in [3.05, 3.63) is 16.6 Å². The van der Waals surface area contributed by atoms with Gasteiger partial charge in [0.05, 0.1) is 23.9 Å². The van der Waals surface area contributed by atoms with Crippen molar-refractivity contribution in [3.63, 3.8) is 0 Å². The van der Waals surface area contributed by atoms with Crippen LogP contribution < -0.4 is 0 Å². The highest BCUT2D eigenvalue weighted by molar-refractivity contribution is 7.07. The maximum atomic E-state index is 8.78. The summed E-state index contributed by atoms with van der Waals surface area (Å²) in [5, 5.41) is 10.7. The highest BCUT2D eigenvalue weighted by atomic mass is 32.1. The van der Waals surface area contributed by atoms with Gasteiger partial charge in [0.25, 0.3) is 0 Å². The molecule has 4 heteroatoms. The highest BCUT2D eigenvalue weighted by Crippen LogP contribution is 2.05. The quantitative estimate of drug-likeness (QED) is 0.728.